The fraction of sp³-hybridized carbons (Fsp3) is 0.143. The number of hydrogen-bond donors (Lipinski definition) is 1. The molecule has 0 spiro atoms. The number of nitro benzene ring substituents is 3. The summed E-state index contributed by atoms with van der Waals surface area (Å²) in [7, 11) is 0. The van der Waals surface area contributed by atoms with E-state index in [1.807, 2.05) is 53.1 Å². The molecule has 33 heavy (non-hydrogen) atoms. The molecule has 12 nitrogen and oxygen atoms in total. The molecule has 12 heteroatoms. The van der Waals surface area contributed by atoms with E-state index in [1.165, 1.54) is 0 Å². The standard InChI is InChI=1S/C21H16N4O8/c26-14(11-22-17-7-3-1-5-15(17)16-6-2-4-8-18(16)22)12-33-21-19(24(29)30)9-13(23(27)28)10-20(21)25(31)32/h1-10,14,26H,11-12H2. The van der Waals surface area contributed by atoms with Crippen LogP contribution in [0, 0.1) is 30.3 Å². The number of rotatable bonds is 8. The number of hydrogen-bond acceptors (Lipinski definition) is 8. The molecule has 168 valence electrons. The third-order valence-corrected chi connectivity index (χ3v) is 5.13. The van der Waals surface area contributed by atoms with Crippen molar-refractivity contribution in [2.24, 2.45) is 0 Å². The summed E-state index contributed by atoms with van der Waals surface area (Å²) in [6.45, 7) is -0.469. The highest BCUT2D eigenvalue weighted by Crippen LogP contribution is 2.40. The fourth-order valence-corrected chi connectivity index (χ4v) is 3.75. The Kier molecular flexibility index (Phi) is 5.58. The lowest BCUT2D eigenvalue weighted by Gasteiger charge is -2.15. The summed E-state index contributed by atoms with van der Waals surface area (Å²) >= 11 is 0. The number of ether oxygens (including phenoxy) is 1. The van der Waals surface area contributed by atoms with Gasteiger partial charge in [0.25, 0.3) is 11.4 Å². The van der Waals surface area contributed by atoms with E-state index < -0.39 is 50.3 Å². The average Bonchev–Trinajstić information content (AvgIpc) is 3.10. The summed E-state index contributed by atoms with van der Waals surface area (Å²) in [6, 6.07) is 16.3. The first kappa shape index (κ1) is 21.6. The second-order valence-corrected chi connectivity index (χ2v) is 7.19. The largest absolute Gasteiger partial charge is 0.479 e. The average molecular weight is 452 g/mol. The molecular weight excluding hydrogens is 436 g/mol. The first-order chi connectivity index (χ1) is 15.8. The van der Waals surface area contributed by atoms with Gasteiger partial charge in [-0.1, -0.05) is 36.4 Å². The van der Waals surface area contributed by atoms with Crippen molar-refractivity contribution >= 4 is 38.9 Å². The molecule has 4 rings (SSSR count). The quantitative estimate of drug-likeness (QED) is 0.310. The smallest absolute Gasteiger partial charge is 0.325 e. The van der Waals surface area contributed by atoms with Gasteiger partial charge in [0.2, 0.25) is 0 Å². The molecule has 0 aliphatic carbocycles. The lowest BCUT2D eigenvalue weighted by Crippen LogP contribution is -2.24. The van der Waals surface area contributed by atoms with E-state index in [2.05, 4.69) is 0 Å². The Balaban J connectivity index is 1.65. The Morgan fingerprint density at radius 2 is 1.30 bits per heavy atom. The second kappa shape index (κ2) is 8.51. The Labute approximate surface area is 184 Å². The Bertz CT molecular complexity index is 1330. The van der Waals surface area contributed by atoms with Crippen LogP contribution in [0.25, 0.3) is 21.8 Å². The Morgan fingerprint density at radius 3 is 1.76 bits per heavy atom. The zero-order valence-electron chi connectivity index (χ0n) is 16.9. The molecule has 0 radical (unpaired) electrons. The summed E-state index contributed by atoms with van der Waals surface area (Å²) in [5, 5.41) is 46.3. The van der Waals surface area contributed by atoms with Crippen molar-refractivity contribution < 1.29 is 24.6 Å². The number of aliphatic hydroxyl groups excluding tert-OH is 1. The maximum Gasteiger partial charge on any atom is 0.325 e. The van der Waals surface area contributed by atoms with E-state index in [4.69, 9.17) is 4.74 Å². The van der Waals surface area contributed by atoms with E-state index >= 15 is 0 Å². The maximum absolute atomic E-state index is 11.4. The number of nitrogens with zero attached hydrogens (tertiary/aromatic N) is 4. The summed E-state index contributed by atoms with van der Waals surface area (Å²) in [4.78, 5) is 30.8. The number of non-ortho nitro benzene ring substituents is 1. The van der Waals surface area contributed by atoms with Gasteiger partial charge in [-0.25, -0.2) is 0 Å². The first-order valence-electron chi connectivity index (χ1n) is 9.66. The minimum Gasteiger partial charge on any atom is -0.479 e. The van der Waals surface area contributed by atoms with Crippen LogP contribution in [-0.2, 0) is 6.54 Å². The van der Waals surface area contributed by atoms with Gasteiger partial charge in [0, 0.05) is 21.8 Å². The van der Waals surface area contributed by atoms with Crippen LogP contribution < -0.4 is 4.74 Å². The highest BCUT2D eigenvalue weighted by atomic mass is 16.6. The van der Waals surface area contributed by atoms with Crippen molar-refractivity contribution in [1.82, 2.24) is 4.57 Å². The van der Waals surface area contributed by atoms with Crippen LogP contribution in [-0.4, -0.2) is 37.2 Å². The summed E-state index contributed by atoms with van der Waals surface area (Å²) < 4.78 is 7.15. The first-order valence-corrected chi connectivity index (χ1v) is 9.66. The molecule has 1 unspecified atom stereocenters. The molecule has 1 atom stereocenters. The molecule has 0 saturated heterocycles. The van der Waals surface area contributed by atoms with Crippen LogP contribution >= 0.6 is 0 Å². The summed E-state index contributed by atoms with van der Waals surface area (Å²) in [5.41, 5.74) is -0.971. The molecule has 1 aromatic heterocycles. The fourth-order valence-electron chi connectivity index (χ4n) is 3.75. The molecule has 0 aliphatic rings. The molecule has 0 aliphatic heterocycles. The Hall–Kier alpha value is -4.58. The van der Waals surface area contributed by atoms with E-state index in [1.54, 1.807) is 0 Å². The van der Waals surface area contributed by atoms with Gasteiger partial charge in [0.05, 0.1) is 33.4 Å². The number of aromatic nitrogens is 1. The maximum atomic E-state index is 11.4. The zero-order chi connectivity index (χ0) is 23.7. The van der Waals surface area contributed by atoms with Crippen LogP contribution in [0.1, 0.15) is 0 Å². The van der Waals surface area contributed by atoms with Crippen molar-refractivity contribution in [3.63, 3.8) is 0 Å². The molecule has 0 amide bonds. The SMILES string of the molecule is O=[N+]([O-])c1cc([N+](=O)[O-])c(OCC(O)Cn2c3ccccc3c3ccccc32)c([N+](=O)[O-])c1. The van der Waals surface area contributed by atoms with E-state index in [0.29, 0.717) is 12.1 Å². The van der Waals surface area contributed by atoms with Crippen molar-refractivity contribution in [3.8, 4) is 5.75 Å². The van der Waals surface area contributed by atoms with E-state index in [0.717, 1.165) is 21.8 Å². The number of fused-ring (bicyclic) bond motifs is 3. The molecular formula is C21H16N4O8. The number of aliphatic hydroxyl groups is 1. The number of nitro groups is 3. The second-order valence-electron chi connectivity index (χ2n) is 7.19. The lowest BCUT2D eigenvalue weighted by molar-refractivity contribution is -0.404. The molecule has 1 N–H and O–H groups in total. The summed E-state index contributed by atoms with van der Waals surface area (Å²) in [5.74, 6) is -0.753. The van der Waals surface area contributed by atoms with Gasteiger partial charge in [-0.2, -0.15) is 0 Å². The van der Waals surface area contributed by atoms with Crippen molar-refractivity contribution in [2.45, 2.75) is 12.6 Å². The summed E-state index contributed by atoms with van der Waals surface area (Å²) in [6.07, 6.45) is -1.20. The topological polar surface area (TPSA) is 164 Å². The van der Waals surface area contributed by atoms with Gasteiger partial charge in [-0.05, 0) is 12.1 Å². The Morgan fingerprint density at radius 1 is 0.818 bits per heavy atom. The van der Waals surface area contributed by atoms with Crippen LogP contribution in [0.2, 0.25) is 0 Å². The minimum atomic E-state index is -1.20. The van der Waals surface area contributed by atoms with Crippen molar-refractivity contribution in [1.29, 1.82) is 0 Å². The van der Waals surface area contributed by atoms with Crippen LogP contribution in [0.3, 0.4) is 0 Å². The monoisotopic (exact) mass is 452 g/mol. The van der Waals surface area contributed by atoms with Crippen LogP contribution in [0.15, 0.2) is 60.7 Å². The van der Waals surface area contributed by atoms with Gasteiger partial charge < -0.3 is 14.4 Å². The predicted molar refractivity (Wildman–Crippen MR) is 117 cm³/mol. The predicted octanol–water partition coefficient (Wildman–Crippen LogP) is 3.96. The molecule has 3 aromatic carbocycles. The number of para-hydroxylation sites is 2. The lowest BCUT2D eigenvalue weighted by atomic mass is 10.2. The zero-order valence-corrected chi connectivity index (χ0v) is 16.9. The highest BCUT2D eigenvalue weighted by Gasteiger charge is 2.32. The normalized spacial score (nSPS) is 12.0. The highest BCUT2D eigenvalue weighted by molar-refractivity contribution is 6.07. The molecule has 0 bridgehead atoms. The minimum absolute atomic E-state index is 0.0442. The van der Waals surface area contributed by atoms with Gasteiger partial charge in [0.1, 0.15) is 12.7 Å². The van der Waals surface area contributed by atoms with Gasteiger partial charge >= 0.3 is 11.4 Å². The van der Waals surface area contributed by atoms with E-state index in [9.17, 15) is 35.4 Å². The van der Waals surface area contributed by atoms with Gasteiger partial charge in [0.15, 0.2) is 0 Å². The van der Waals surface area contributed by atoms with E-state index in [-0.39, 0.29) is 6.54 Å². The van der Waals surface area contributed by atoms with Crippen LogP contribution in [0.5, 0.6) is 5.75 Å². The van der Waals surface area contributed by atoms with Crippen molar-refractivity contribution in [3.05, 3.63) is 91.0 Å². The number of benzene rings is 3. The molecule has 0 saturated carbocycles. The van der Waals surface area contributed by atoms with Gasteiger partial charge in [-0.3, -0.25) is 30.3 Å². The third kappa shape index (κ3) is 4.02. The van der Waals surface area contributed by atoms with Gasteiger partial charge in [-0.15, -0.1) is 0 Å². The van der Waals surface area contributed by atoms with Crippen molar-refractivity contribution in [2.75, 3.05) is 6.61 Å². The third-order valence-electron chi connectivity index (χ3n) is 5.13. The molecule has 0 fully saturated rings. The molecule has 1 heterocycles. The van der Waals surface area contributed by atoms with Crippen LogP contribution in [0.4, 0.5) is 17.1 Å². The molecule has 4 aromatic rings.